The molecular weight excluding hydrogens is 348 g/mol. The van der Waals surface area contributed by atoms with Gasteiger partial charge in [0.1, 0.15) is 5.82 Å². The van der Waals surface area contributed by atoms with Gasteiger partial charge < -0.3 is 0 Å². The zero-order valence-electron chi connectivity index (χ0n) is 13.1. The number of nitrogens with zero attached hydrogens (tertiary/aromatic N) is 2. The highest BCUT2D eigenvalue weighted by atomic mass is 32.2. The molecule has 0 radical (unpaired) electrons. The van der Waals surface area contributed by atoms with E-state index in [1.165, 1.54) is 27.1 Å². The number of halogens is 4. The fourth-order valence-corrected chi connectivity index (χ4v) is 2.96. The van der Waals surface area contributed by atoms with Crippen molar-refractivity contribution in [1.29, 1.82) is 0 Å². The molecule has 0 saturated carbocycles. The molecule has 1 heterocycles. The van der Waals surface area contributed by atoms with E-state index in [-0.39, 0.29) is 16.2 Å². The van der Waals surface area contributed by atoms with E-state index < -0.39 is 29.0 Å². The molecule has 0 aliphatic carbocycles. The van der Waals surface area contributed by atoms with Gasteiger partial charge in [-0.25, -0.2) is 9.18 Å². The summed E-state index contributed by atoms with van der Waals surface area (Å²) in [5, 5.41) is 0. The first-order valence-electron chi connectivity index (χ1n) is 6.78. The summed E-state index contributed by atoms with van der Waals surface area (Å²) in [5.41, 5.74) is -1.02. The lowest BCUT2D eigenvalue weighted by atomic mass is 10.1. The van der Waals surface area contributed by atoms with Crippen molar-refractivity contribution in [1.82, 2.24) is 9.13 Å². The molecule has 9 heteroatoms. The number of aromatic nitrogens is 2. The Morgan fingerprint density at radius 3 is 2.29 bits per heavy atom. The SMILES string of the molecule is Cc1cc(F)c(-c2cc(=O)n(C)c(=O)n2C)cc1SCC(F)(F)F. The molecule has 0 amide bonds. The molecule has 0 unspecified atom stereocenters. The number of thioether (sulfide) groups is 1. The second-order valence-corrected chi connectivity index (χ2v) is 6.29. The van der Waals surface area contributed by atoms with Gasteiger partial charge in [-0.3, -0.25) is 13.9 Å². The summed E-state index contributed by atoms with van der Waals surface area (Å²) in [6.45, 7) is 1.49. The zero-order chi connectivity index (χ0) is 18.2. The van der Waals surface area contributed by atoms with Gasteiger partial charge in [-0.2, -0.15) is 13.2 Å². The van der Waals surface area contributed by atoms with Crippen LogP contribution in [-0.2, 0) is 14.1 Å². The Morgan fingerprint density at radius 2 is 1.71 bits per heavy atom. The van der Waals surface area contributed by atoms with E-state index in [4.69, 9.17) is 0 Å². The van der Waals surface area contributed by atoms with E-state index in [1.54, 1.807) is 0 Å². The summed E-state index contributed by atoms with van der Waals surface area (Å²) >= 11 is 0.527. The fourth-order valence-electron chi connectivity index (χ4n) is 2.16. The van der Waals surface area contributed by atoms with E-state index in [0.717, 1.165) is 21.3 Å². The van der Waals surface area contributed by atoms with Crippen molar-refractivity contribution in [3.63, 3.8) is 0 Å². The van der Waals surface area contributed by atoms with E-state index in [1.807, 2.05) is 0 Å². The van der Waals surface area contributed by atoms with Crippen LogP contribution in [0, 0.1) is 12.7 Å². The van der Waals surface area contributed by atoms with Gasteiger partial charge in [0.25, 0.3) is 5.56 Å². The van der Waals surface area contributed by atoms with E-state index in [2.05, 4.69) is 0 Å². The molecule has 0 spiro atoms. The third kappa shape index (κ3) is 3.72. The molecule has 1 aromatic heterocycles. The second kappa shape index (κ2) is 6.46. The lowest BCUT2D eigenvalue weighted by Gasteiger charge is -2.14. The van der Waals surface area contributed by atoms with Gasteiger partial charge in [-0.15, -0.1) is 11.8 Å². The van der Waals surface area contributed by atoms with Crippen LogP contribution in [0.5, 0.6) is 0 Å². The molecule has 0 N–H and O–H groups in total. The van der Waals surface area contributed by atoms with Gasteiger partial charge in [-0.05, 0) is 24.6 Å². The molecule has 1 aromatic carbocycles. The molecule has 2 rings (SSSR count). The monoisotopic (exact) mass is 362 g/mol. The highest BCUT2D eigenvalue weighted by Crippen LogP contribution is 2.33. The number of hydrogen-bond acceptors (Lipinski definition) is 3. The Balaban J connectivity index is 2.60. The molecule has 0 atom stereocenters. The maximum Gasteiger partial charge on any atom is 0.398 e. The van der Waals surface area contributed by atoms with Gasteiger partial charge in [0.2, 0.25) is 0 Å². The van der Waals surface area contributed by atoms with Crippen molar-refractivity contribution in [2.75, 3.05) is 5.75 Å². The summed E-state index contributed by atoms with van der Waals surface area (Å²) in [4.78, 5) is 24.0. The van der Waals surface area contributed by atoms with Gasteiger partial charge >= 0.3 is 11.9 Å². The standard InChI is InChI=1S/C15H14F4N2O2S/c1-8-4-10(16)9(5-12(8)24-7-15(17,18)19)11-6-13(22)21(3)14(23)20(11)2/h4-6H,7H2,1-3H3. The summed E-state index contributed by atoms with van der Waals surface area (Å²) in [5.74, 6) is -1.83. The predicted octanol–water partition coefficient (Wildman–Crippen LogP) is 2.85. The highest BCUT2D eigenvalue weighted by molar-refractivity contribution is 7.99. The largest absolute Gasteiger partial charge is 0.398 e. The lowest BCUT2D eigenvalue weighted by molar-refractivity contribution is -0.105. The molecule has 24 heavy (non-hydrogen) atoms. The average Bonchev–Trinajstić information content (AvgIpc) is 2.47. The van der Waals surface area contributed by atoms with Gasteiger partial charge in [0.15, 0.2) is 0 Å². The van der Waals surface area contributed by atoms with Crippen molar-refractivity contribution in [2.24, 2.45) is 14.1 Å². The third-order valence-electron chi connectivity index (χ3n) is 3.46. The smallest absolute Gasteiger partial charge is 0.296 e. The molecule has 0 bridgehead atoms. The van der Waals surface area contributed by atoms with Crippen LogP contribution in [0.1, 0.15) is 5.56 Å². The molecule has 4 nitrogen and oxygen atoms in total. The Kier molecular flexibility index (Phi) is 4.93. The molecule has 0 aliphatic heterocycles. The lowest BCUT2D eigenvalue weighted by Crippen LogP contribution is -2.37. The molecule has 0 aliphatic rings. The van der Waals surface area contributed by atoms with Gasteiger partial charge in [0, 0.05) is 30.6 Å². The minimum Gasteiger partial charge on any atom is -0.296 e. The van der Waals surface area contributed by atoms with Crippen LogP contribution in [0.2, 0.25) is 0 Å². The number of hydrogen-bond donors (Lipinski definition) is 0. The van der Waals surface area contributed by atoms with Crippen LogP contribution in [0.25, 0.3) is 11.3 Å². The van der Waals surface area contributed by atoms with Crippen LogP contribution >= 0.6 is 11.8 Å². The number of aryl methyl sites for hydroxylation is 1. The quantitative estimate of drug-likeness (QED) is 0.623. The summed E-state index contributed by atoms with van der Waals surface area (Å²) in [6.07, 6.45) is -4.36. The van der Waals surface area contributed by atoms with Crippen molar-refractivity contribution in [3.05, 3.63) is 50.4 Å². The van der Waals surface area contributed by atoms with E-state index >= 15 is 0 Å². The summed E-state index contributed by atoms with van der Waals surface area (Å²) in [7, 11) is 2.64. The minimum absolute atomic E-state index is 0.00876. The van der Waals surface area contributed by atoms with Crippen LogP contribution < -0.4 is 11.2 Å². The molecular formula is C15H14F4N2O2S. The third-order valence-corrected chi connectivity index (χ3v) is 4.68. The Bertz CT molecular complexity index is 900. The van der Waals surface area contributed by atoms with Gasteiger partial charge in [0.05, 0.1) is 11.4 Å². The first kappa shape index (κ1) is 18.3. The summed E-state index contributed by atoms with van der Waals surface area (Å²) in [6, 6.07) is 3.40. The maximum atomic E-state index is 14.3. The van der Waals surface area contributed by atoms with Crippen LogP contribution in [0.3, 0.4) is 0 Å². The van der Waals surface area contributed by atoms with Crippen LogP contribution in [0.15, 0.2) is 32.7 Å². The molecule has 2 aromatic rings. The fraction of sp³-hybridized carbons (Fsp3) is 0.333. The second-order valence-electron chi connectivity index (χ2n) is 5.27. The van der Waals surface area contributed by atoms with E-state index in [9.17, 15) is 27.2 Å². The van der Waals surface area contributed by atoms with Crippen molar-refractivity contribution in [3.8, 4) is 11.3 Å². The Labute approximate surface area is 138 Å². The summed E-state index contributed by atoms with van der Waals surface area (Å²) < 4.78 is 53.4. The number of alkyl halides is 3. The molecule has 0 fully saturated rings. The topological polar surface area (TPSA) is 44.0 Å². The van der Waals surface area contributed by atoms with Crippen molar-refractivity contribution < 1.29 is 17.6 Å². The molecule has 0 saturated heterocycles. The van der Waals surface area contributed by atoms with Crippen LogP contribution in [0.4, 0.5) is 17.6 Å². The average molecular weight is 362 g/mol. The van der Waals surface area contributed by atoms with E-state index in [0.29, 0.717) is 17.3 Å². The number of benzene rings is 1. The van der Waals surface area contributed by atoms with Crippen molar-refractivity contribution in [2.45, 2.75) is 18.0 Å². The first-order chi connectivity index (χ1) is 11.0. The molecule has 130 valence electrons. The minimum atomic E-state index is -4.36. The highest BCUT2D eigenvalue weighted by Gasteiger charge is 2.28. The normalized spacial score (nSPS) is 11.8. The maximum absolute atomic E-state index is 14.3. The zero-order valence-corrected chi connectivity index (χ0v) is 13.9. The Morgan fingerprint density at radius 1 is 1.08 bits per heavy atom. The number of rotatable bonds is 3. The van der Waals surface area contributed by atoms with Crippen molar-refractivity contribution >= 4 is 11.8 Å². The van der Waals surface area contributed by atoms with Crippen LogP contribution in [-0.4, -0.2) is 21.1 Å². The predicted molar refractivity (Wildman–Crippen MR) is 83.8 cm³/mol. The van der Waals surface area contributed by atoms with Gasteiger partial charge in [-0.1, -0.05) is 0 Å². The first-order valence-corrected chi connectivity index (χ1v) is 7.77. The Hall–Kier alpha value is -2.03.